The average Bonchev–Trinajstić information content (AvgIpc) is 3.13. The summed E-state index contributed by atoms with van der Waals surface area (Å²) >= 11 is 0. The number of carbonyl (C=O) groups excluding carboxylic acids is 2. The maximum atomic E-state index is 14.1. The van der Waals surface area contributed by atoms with Gasteiger partial charge in [-0.15, -0.1) is 0 Å². The fraction of sp³-hybridized carbons (Fsp3) is 0.467. The Balaban J connectivity index is 1.63. The zero-order valence-corrected chi connectivity index (χ0v) is 22.8. The van der Waals surface area contributed by atoms with E-state index < -0.39 is 29.3 Å². The summed E-state index contributed by atoms with van der Waals surface area (Å²) in [7, 11) is 0. The molecule has 7 nitrogen and oxygen atoms in total. The lowest BCUT2D eigenvalue weighted by atomic mass is 9.69. The van der Waals surface area contributed by atoms with Crippen molar-refractivity contribution in [2.45, 2.75) is 71.5 Å². The minimum Gasteiger partial charge on any atom is -0.481 e. The third-order valence-electron chi connectivity index (χ3n) is 8.00. The number of halogens is 2. The Morgan fingerprint density at radius 1 is 1.10 bits per heavy atom. The minimum absolute atomic E-state index is 0.0213. The van der Waals surface area contributed by atoms with Gasteiger partial charge in [-0.2, -0.15) is 0 Å². The summed E-state index contributed by atoms with van der Waals surface area (Å²) in [5.41, 5.74) is 0.617. The van der Waals surface area contributed by atoms with Gasteiger partial charge in [0.2, 0.25) is 0 Å². The molecule has 4 rings (SSSR count). The summed E-state index contributed by atoms with van der Waals surface area (Å²) in [4.78, 5) is 43.6. The van der Waals surface area contributed by atoms with Crippen LogP contribution in [-0.4, -0.2) is 45.7 Å². The van der Waals surface area contributed by atoms with Crippen LogP contribution in [0.2, 0.25) is 0 Å². The van der Waals surface area contributed by atoms with E-state index in [9.17, 15) is 23.2 Å². The molecule has 2 N–H and O–H groups in total. The van der Waals surface area contributed by atoms with Gasteiger partial charge >= 0.3 is 5.97 Å². The van der Waals surface area contributed by atoms with Gasteiger partial charge in [-0.3, -0.25) is 19.4 Å². The van der Waals surface area contributed by atoms with Crippen molar-refractivity contribution < 1.29 is 28.3 Å². The van der Waals surface area contributed by atoms with Crippen LogP contribution in [0.25, 0.3) is 0 Å². The van der Waals surface area contributed by atoms with Crippen molar-refractivity contribution in [3.05, 3.63) is 70.8 Å². The molecule has 2 aromatic rings. The van der Waals surface area contributed by atoms with E-state index in [4.69, 9.17) is 10.1 Å². The monoisotopic (exact) mass is 539 g/mol. The van der Waals surface area contributed by atoms with Crippen molar-refractivity contribution in [3.63, 3.8) is 0 Å². The molecule has 0 unspecified atom stereocenters. The highest BCUT2D eigenvalue weighted by Crippen LogP contribution is 2.49. The maximum absolute atomic E-state index is 14.1. The van der Waals surface area contributed by atoms with Crippen molar-refractivity contribution >= 4 is 23.5 Å². The molecule has 9 heteroatoms. The van der Waals surface area contributed by atoms with Gasteiger partial charge in [0.25, 0.3) is 11.8 Å². The number of rotatable bonds is 7. The molecular formula is C30H35F2N3O4. The van der Waals surface area contributed by atoms with Gasteiger partial charge < -0.3 is 15.3 Å². The standard InChI is InChI=1S/C30H35F2N3O4/c1-18(19-5-7-20(8-6-19)27(38)33-14-11-25(36)37)35-28(39)26(21-15-23(31)17-24(32)16-21)34-30(35)12-9-22(10-13-30)29(2,3)4/h5-8,15-18,22H,9-14H2,1-4H3,(H,33,38)(H,36,37)/t18-,22?,30?/m1/s1. The summed E-state index contributed by atoms with van der Waals surface area (Å²) in [5, 5.41) is 11.3. The molecule has 39 heavy (non-hydrogen) atoms. The second kappa shape index (κ2) is 10.9. The van der Waals surface area contributed by atoms with E-state index >= 15 is 0 Å². The van der Waals surface area contributed by atoms with Crippen LogP contribution in [0.3, 0.4) is 0 Å². The number of hydrogen-bond acceptors (Lipinski definition) is 4. The lowest BCUT2D eigenvalue weighted by molar-refractivity contribution is -0.137. The number of aliphatic imine (C=N–C) groups is 1. The Kier molecular flexibility index (Phi) is 7.91. The fourth-order valence-corrected chi connectivity index (χ4v) is 5.77. The molecule has 2 aliphatic rings. The zero-order chi connectivity index (χ0) is 28.5. The second-order valence-corrected chi connectivity index (χ2v) is 11.6. The van der Waals surface area contributed by atoms with E-state index in [0.717, 1.165) is 36.6 Å². The summed E-state index contributed by atoms with van der Waals surface area (Å²) in [6.45, 7) is 8.54. The molecule has 1 fully saturated rings. The molecule has 1 spiro atoms. The van der Waals surface area contributed by atoms with Crippen LogP contribution in [0.5, 0.6) is 0 Å². The number of aliphatic carboxylic acids is 1. The minimum atomic E-state index is -0.997. The van der Waals surface area contributed by atoms with Crippen LogP contribution in [0.1, 0.15) is 87.3 Å². The predicted octanol–water partition coefficient (Wildman–Crippen LogP) is 5.49. The number of carboxylic acid groups (broad SMARTS) is 1. The fourth-order valence-electron chi connectivity index (χ4n) is 5.77. The first-order valence-electron chi connectivity index (χ1n) is 13.3. The SMILES string of the molecule is C[C@H](c1ccc(C(=O)NCCC(=O)O)cc1)N1C(=O)C(c2cc(F)cc(F)c2)=NC12CCC(C(C)(C)C)CC2. The predicted molar refractivity (Wildman–Crippen MR) is 143 cm³/mol. The van der Waals surface area contributed by atoms with Gasteiger partial charge in [0.05, 0.1) is 12.5 Å². The number of amides is 2. The van der Waals surface area contributed by atoms with Gasteiger partial charge in [0, 0.05) is 23.7 Å². The number of hydrogen-bond donors (Lipinski definition) is 2. The molecule has 208 valence electrons. The Morgan fingerprint density at radius 3 is 2.23 bits per heavy atom. The van der Waals surface area contributed by atoms with E-state index in [2.05, 4.69) is 26.1 Å². The highest BCUT2D eigenvalue weighted by molar-refractivity contribution is 6.46. The highest BCUT2D eigenvalue weighted by atomic mass is 19.1. The van der Waals surface area contributed by atoms with Crippen molar-refractivity contribution in [1.82, 2.24) is 10.2 Å². The maximum Gasteiger partial charge on any atom is 0.305 e. The Labute approximate surface area is 227 Å². The third-order valence-corrected chi connectivity index (χ3v) is 8.00. The summed E-state index contributed by atoms with van der Waals surface area (Å²) in [6.07, 6.45) is 2.83. The number of nitrogens with one attached hydrogen (secondary N) is 1. The zero-order valence-electron chi connectivity index (χ0n) is 22.8. The van der Waals surface area contributed by atoms with E-state index in [1.54, 1.807) is 29.2 Å². The molecular weight excluding hydrogens is 504 g/mol. The van der Waals surface area contributed by atoms with Crippen LogP contribution < -0.4 is 5.32 Å². The largest absolute Gasteiger partial charge is 0.481 e. The number of nitrogens with zero attached hydrogens (tertiary/aromatic N) is 2. The molecule has 0 aromatic heterocycles. The van der Waals surface area contributed by atoms with Crippen molar-refractivity contribution in [2.24, 2.45) is 16.3 Å². The van der Waals surface area contributed by atoms with Crippen LogP contribution in [0.15, 0.2) is 47.5 Å². The number of carboxylic acids is 1. The van der Waals surface area contributed by atoms with Crippen LogP contribution in [-0.2, 0) is 9.59 Å². The van der Waals surface area contributed by atoms with Crippen molar-refractivity contribution in [2.75, 3.05) is 6.54 Å². The Hall–Kier alpha value is -3.62. The first kappa shape index (κ1) is 28.4. The van der Waals surface area contributed by atoms with Crippen molar-refractivity contribution in [1.29, 1.82) is 0 Å². The van der Waals surface area contributed by atoms with E-state index in [0.29, 0.717) is 24.3 Å². The number of carbonyl (C=O) groups is 3. The third kappa shape index (κ3) is 6.02. The molecule has 2 amide bonds. The Morgan fingerprint density at radius 2 is 1.69 bits per heavy atom. The highest BCUT2D eigenvalue weighted by Gasteiger charge is 2.52. The second-order valence-electron chi connectivity index (χ2n) is 11.6. The first-order chi connectivity index (χ1) is 18.3. The molecule has 1 heterocycles. The molecule has 0 radical (unpaired) electrons. The molecule has 1 aliphatic carbocycles. The smallest absolute Gasteiger partial charge is 0.305 e. The quantitative estimate of drug-likeness (QED) is 0.486. The molecule has 0 bridgehead atoms. The van der Waals surface area contributed by atoms with Gasteiger partial charge in [0.15, 0.2) is 0 Å². The van der Waals surface area contributed by atoms with Gasteiger partial charge in [-0.1, -0.05) is 32.9 Å². The summed E-state index contributed by atoms with van der Waals surface area (Å²) in [6, 6.07) is 9.42. The Bertz CT molecular complexity index is 1270. The molecule has 1 aliphatic heterocycles. The van der Waals surface area contributed by atoms with Crippen LogP contribution in [0.4, 0.5) is 8.78 Å². The van der Waals surface area contributed by atoms with Crippen LogP contribution in [0, 0.1) is 23.0 Å². The molecule has 0 saturated heterocycles. The van der Waals surface area contributed by atoms with Gasteiger partial charge in [0.1, 0.15) is 23.0 Å². The van der Waals surface area contributed by atoms with E-state index in [1.165, 1.54) is 0 Å². The lowest BCUT2D eigenvalue weighted by Gasteiger charge is -2.46. The van der Waals surface area contributed by atoms with E-state index in [-0.39, 0.29) is 41.5 Å². The normalized spacial score (nSPS) is 22.1. The molecule has 1 saturated carbocycles. The molecule has 2 aromatic carbocycles. The van der Waals surface area contributed by atoms with Gasteiger partial charge in [-0.05, 0) is 73.8 Å². The average molecular weight is 540 g/mol. The van der Waals surface area contributed by atoms with Crippen LogP contribution >= 0.6 is 0 Å². The summed E-state index contributed by atoms with van der Waals surface area (Å²) in [5.74, 6) is -2.84. The molecule has 1 atom stereocenters. The van der Waals surface area contributed by atoms with E-state index in [1.807, 2.05) is 6.92 Å². The number of benzene rings is 2. The summed E-state index contributed by atoms with van der Waals surface area (Å²) < 4.78 is 28.2. The topological polar surface area (TPSA) is 99.1 Å². The van der Waals surface area contributed by atoms with Gasteiger partial charge in [-0.25, -0.2) is 8.78 Å². The van der Waals surface area contributed by atoms with Crippen molar-refractivity contribution in [3.8, 4) is 0 Å². The first-order valence-corrected chi connectivity index (χ1v) is 13.3. The lowest BCUT2D eigenvalue weighted by Crippen LogP contribution is -2.50.